The average molecular weight is 1100 g/mol. The van der Waals surface area contributed by atoms with Gasteiger partial charge in [-0.25, -0.2) is 14.4 Å². The Morgan fingerprint density at radius 3 is 1.29 bits per heavy atom. The van der Waals surface area contributed by atoms with Crippen molar-refractivity contribution in [1.82, 2.24) is 30.1 Å². The number of nitrogens with zero attached hydrogens (tertiary/aromatic N) is 5. The van der Waals surface area contributed by atoms with Crippen LogP contribution in [0.25, 0.3) is 11.1 Å². The van der Waals surface area contributed by atoms with E-state index in [1.54, 1.807) is 0 Å². The largest absolute Gasteiger partial charge is 0.449 e. The number of amides is 8. The van der Waals surface area contributed by atoms with Crippen molar-refractivity contribution >= 4 is 59.4 Å². The fraction of sp³-hybridized carbons (Fsp3) is 0.577. The SMILES string of the molecule is CN(CCOCCOCCOCCC(=O)ON1C(=O)CCC1=O)C(=O)CN(CC(=O)N(C)CCOCCOCCOCCC(=O)ON1C(=O)CCC1=O)C(=O)CCOCCNC(=O)OCC1c2ccccc2-c2ccccc21. The molecule has 0 aromatic heterocycles. The van der Waals surface area contributed by atoms with Gasteiger partial charge in [-0.05, 0) is 22.3 Å². The lowest BCUT2D eigenvalue weighted by Crippen LogP contribution is -2.47. The minimum absolute atomic E-state index is 0.00128. The van der Waals surface area contributed by atoms with Gasteiger partial charge in [-0.3, -0.25) is 33.6 Å². The molecule has 26 nitrogen and oxygen atoms in total. The number of hydroxylamine groups is 4. The predicted molar refractivity (Wildman–Crippen MR) is 269 cm³/mol. The summed E-state index contributed by atoms with van der Waals surface area (Å²) in [5, 5.41) is 3.62. The fourth-order valence-corrected chi connectivity index (χ4v) is 7.75. The van der Waals surface area contributed by atoms with Crippen LogP contribution in [0, 0.1) is 0 Å². The predicted octanol–water partition coefficient (Wildman–Crippen LogP) is 0.771. The molecular weight excluding hydrogens is 1030 g/mol. The lowest BCUT2D eigenvalue weighted by Gasteiger charge is -2.27. The highest BCUT2D eigenvalue weighted by Crippen LogP contribution is 2.44. The molecule has 26 heteroatoms. The van der Waals surface area contributed by atoms with Crippen molar-refractivity contribution < 1.29 is 95.5 Å². The summed E-state index contributed by atoms with van der Waals surface area (Å²) in [5.41, 5.74) is 4.40. The zero-order chi connectivity index (χ0) is 56.1. The number of fused-ring (bicyclic) bond motifs is 3. The number of hydrogen-bond acceptors (Lipinski definition) is 20. The number of carbonyl (C=O) groups is 10. The van der Waals surface area contributed by atoms with Crippen LogP contribution in [0.15, 0.2) is 48.5 Å². The molecule has 0 unspecified atom stereocenters. The third kappa shape index (κ3) is 21.1. The van der Waals surface area contributed by atoms with Crippen molar-refractivity contribution in [1.29, 1.82) is 0 Å². The van der Waals surface area contributed by atoms with Gasteiger partial charge in [0.1, 0.15) is 19.7 Å². The van der Waals surface area contributed by atoms with Crippen LogP contribution in [0.4, 0.5) is 4.79 Å². The quantitative estimate of drug-likeness (QED) is 0.0718. The number of rotatable bonds is 38. The van der Waals surface area contributed by atoms with Crippen LogP contribution in [0.2, 0.25) is 0 Å². The first kappa shape index (κ1) is 61.9. The first-order chi connectivity index (χ1) is 37.7. The summed E-state index contributed by atoms with van der Waals surface area (Å²) in [6.07, 6.45) is -1.08. The van der Waals surface area contributed by atoms with Gasteiger partial charge in [-0.15, -0.1) is 10.1 Å². The number of benzene rings is 2. The van der Waals surface area contributed by atoms with Gasteiger partial charge in [0.2, 0.25) is 17.7 Å². The van der Waals surface area contributed by atoms with Crippen molar-refractivity contribution in [3.63, 3.8) is 0 Å². The molecule has 3 aliphatic rings. The standard InChI is InChI=1S/C52H70N6O20/c1-54(19-25-72-29-33-74-31-27-70-22-16-50(66)77-57-44(60)11-12-45(57)61)48(64)35-56(36-49(65)55(2)20-26-73-30-34-75-32-28-71-23-17-51(67)78-58-46(62)13-14-47(58)63)43(59)15-21-69-24-18-53-52(68)76-37-42-40-9-5-3-7-38(40)39-8-4-6-10-41(39)42/h3-10,42H,11-37H2,1-2H3,(H,53,68). The number of hydrogen-bond donors (Lipinski definition) is 1. The van der Waals surface area contributed by atoms with Crippen LogP contribution in [-0.4, -0.2) is 230 Å². The number of imide groups is 2. The molecule has 0 spiro atoms. The zero-order valence-corrected chi connectivity index (χ0v) is 44.2. The summed E-state index contributed by atoms with van der Waals surface area (Å²) in [6, 6.07) is 16.0. The van der Waals surface area contributed by atoms with Gasteiger partial charge in [0.15, 0.2) is 0 Å². The van der Waals surface area contributed by atoms with Gasteiger partial charge in [-0.2, -0.15) is 0 Å². The van der Waals surface area contributed by atoms with E-state index in [4.69, 9.17) is 47.6 Å². The summed E-state index contributed by atoms with van der Waals surface area (Å²) < 4.78 is 44.0. The molecule has 1 aliphatic carbocycles. The Balaban J connectivity index is 0.950. The van der Waals surface area contributed by atoms with Crippen LogP contribution >= 0.6 is 0 Å². The number of ether oxygens (including phenoxy) is 8. The second-order valence-electron chi connectivity index (χ2n) is 17.8. The monoisotopic (exact) mass is 1100 g/mol. The molecule has 0 atom stereocenters. The Morgan fingerprint density at radius 2 is 0.859 bits per heavy atom. The maximum atomic E-state index is 13.5. The summed E-state index contributed by atoms with van der Waals surface area (Å²) >= 11 is 0. The number of carbonyl (C=O) groups excluding carboxylic acids is 10. The molecule has 2 heterocycles. The van der Waals surface area contributed by atoms with Gasteiger partial charge in [-0.1, -0.05) is 48.5 Å². The molecule has 2 fully saturated rings. The number of alkyl carbamates (subject to hydrolysis) is 1. The molecule has 8 amide bonds. The molecule has 5 rings (SSSR count). The molecular formula is C52H70N6O20. The van der Waals surface area contributed by atoms with E-state index in [9.17, 15) is 47.9 Å². The van der Waals surface area contributed by atoms with E-state index in [1.165, 1.54) is 23.9 Å². The fourth-order valence-electron chi connectivity index (χ4n) is 7.75. The Hall–Kier alpha value is -6.94. The van der Waals surface area contributed by atoms with E-state index in [-0.39, 0.29) is 170 Å². The third-order valence-corrected chi connectivity index (χ3v) is 12.1. The Morgan fingerprint density at radius 1 is 0.487 bits per heavy atom. The highest BCUT2D eigenvalue weighted by Gasteiger charge is 2.34. The highest BCUT2D eigenvalue weighted by molar-refractivity contribution is 6.02. The third-order valence-electron chi connectivity index (χ3n) is 12.1. The van der Waals surface area contributed by atoms with Crippen molar-refractivity contribution in [3.8, 4) is 11.1 Å². The van der Waals surface area contributed by atoms with Crippen LogP contribution < -0.4 is 5.32 Å². The van der Waals surface area contributed by atoms with E-state index in [0.717, 1.165) is 27.2 Å². The number of nitrogens with one attached hydrogen (secondary N) is 1. The minimum Gasteiger partial charge on any atom is -0.449 e. The van der Waals surface area contributed by atoms with Crippen molar-refractivity contribution in [2.45, 2.75) is 50.9 Å². The van der Waals surface area contributed by atoms with Crippen molar-refractivity contribution in [2.24, 2.45) is 0 Å². The molecule has 0 saturated carbocycles. The molecule has 78 heavy (non-hydrogen) atoms. The lowest BCUT2D eigenvalue weighted by atomic mass is 9.98. The summed E-state index contributed by atoms with van der Waals surface area (Å²) in [6.45, 7) is 1.61. The first-order valence-corrected chi connectivity index (χ1v) is 25.7. The van der Waals surface area contributed by atoms with Gasteiger partial charge in [0, 0.05) is 65.3 Å². The molecule has 2 aromatic rings. The van der Waals surface area contributed by atoms with E-state index < -0.39 is 72.5 Å². The van der Waals surface area contributed by atoms with Crippen molar-refractivity contribution in [3.05, 3.63) is 59.7 Å². The lowest BCUT2D eigenvalue weighted by molar-refractivity contribution is -0.198. The molecule has 2 aromatic carbocycles. The van der Waals surface area contributed by atoms with Gasteiger partial charge in [0.25, 0.3) is 23.6 Å². The van der Waals surface area contributed by atoms with Crippen LogP contribution in [0.1, 0.15) is 62.0 Å². The maximum Gasteiger partial charge on any atom is 0.407 e. The van der Waals surface area contributed by atoms with Crippen LogP contribution in [0.5, 0.6) is 0 Å². The van der Waals surface area contributed by atoms with E-state index in [2.05, 4.69) is 17.4 Å². The summed E-state index contributed by atoms with van der Waals surface area (Å²) in [4.78, 5) is 136. The Kier molecular flexibility index (Phi) is 27.0. The first-order valence-electron chi connectivity index (χ1n) is 25.7. The van der Waals surface area contributed by atoms with E-state index in [1.807, 2.05) is 36.4 Å². The van der Waals surface area contributed by atoms with Crippen molar-refractivity contribution in [2.75, 3.05) is 146 Å². The molecule has 428 valence electrons. The summed E-state index contributed by atoms with van der Waals surface area (Å²) in [5.74, 6) is -5.29. The second-order valence-corrected chi connectivity index (χ2v) is 17.8. The normalized spacial score (nSPS) is 13.9. The van der Waals surface area contributed by atoms with Gasteiger partial charge < -0.3 is 67.6 Å². The molecule has 0 radical (unpaired) electrons. The van der Waals surface area contributed by atoms with Crippen LogP contribution in [-0.2, 0) is 90.7 Å². The second kappa shape index (κ2) is 34.1. The van der Waals surface area contributed by atoms with Gasteiger partial charge in [0.05, 0.1) is 112 Å². The maximum absolute atomic E-state index is 13.5. The van der Waals surface area contributed by atoms with Gasteiger partial charge >= 0.3 is 18.0 Å². The molecule has 2 saturated heterocycles. The molecule has 2 aliphatic heterocycles. The van der Waals surface area contributed by atoms with E-state index in [0.29, 0.717) is 10.1 Å². The molecule has 0 bridgehead atoms. The van der Waals surface area contributed by atoms with Crippen LogP contribution in [0.3, 0.4) is 0 Å². The number of likely N-dealkylation sites (N-methyl/N-ethyl adjacent to an activating group) is 2. The smallest absolute Gasteiger partial charge is 0.407 e. The average Bonchev–Trinajstić information content (AvgIpc) is 4.22. The Labute approximate surface area is 451 Å². The highest BCUT2D eigenvalue weighted by atomic mass is 16.7. The topological polar surface area (TPSA) is 291 Å². The zero-order valence-electron chi connectivity index (χ0n) is 44.2. The van der Waals surface area contributed by atoms with E-state index >= 15 is 0 Å². The Bertz CT molecular complexity index is 2180. The minimum atomic E-state index is -0.768. The molecule has 1 N–H and O–H groups in total. The summed E-state index contributed by atoms with van der Waals surface area (Å²) in [7, 11) is 3.08.